The molecular formula is C16H24N2O2. The van der Waals surface area contributed by atoms with Crippen molar-refractivity contribution in [2.75, 3.05) is 25.5 Å². The summed E-state index contributed by atoms with van der Waals surface area (Å²) in [7, 11) is 0. The molecule has 0 spiro atoms. The molecule has 1 aliphatic heterocycles. The average molecular weight is 276 g/mol. The summed E-state index contributed by atoms with van der Waals surface area (Å²) >= 11 is 0. The van der Waals surface area contributed by atoms with E-state index in [0.29, 0.717) is 13.2 Å². The summed E-state index contributed by atoms with van der Waals surface area (Å²) in [4.78, 5) is 14.5. The van der Waals surface area contributed by atoms with E-state index in [9.17, 15) is 4.79 Å². The van der Waals surface area contributed by atoms with Gasteiger partial charge in [0.15, 0.2) is 0 Å². The quantitative estimate of drug-likeness (QED) is 0.840. The normalized spacial score (nSPS) is 18.8. The number of carbonyl (C=O) groups is 1. The van der Waals surface area contributed by atoms with Gasteiger partial charge in [-0.2, -0.15) is 0 Å². The first-order valence-corrected chi connectivity index (χ1v) is 7.41. The Hall–Kier alpha value is -1.55. The maximum Gasteiger partial charge on any atom is 0.228 e. The van der Waals surface area contributed by atoms with Crippen LogP contribution in [-0.2, 0) is 16.1 Å². The minimum absolute atomic E-state index is 0.0316. The van der Waals surface area contributed by atoms with Crippen LogP contribution in [-0.4, -0.2) is 30.6 Å². The van der Waals surface area contributed by atoms with E-state index in [1.54, 1.807) is 0 Å². The van der Waals surface area contributed by atoms with Gasteiger partial charge in [-0.1, -0.05) is 19.1 Å². The Morgan fingerprint density at radius 1 is 1.40 bits per heavy atom. The molecule has 1 amide bonds. The number of ether oxygens (including phenoxy) is 1. The molecule has 1 aromatic rings. The minimum atomic E-state index is 0.0316. The Morgan fingerprint density at radius 3 is 2.75 bits per heavy atom. The van der Waals surface area contributed by atoms with Gasteiger partial charge in [0.05, 0.1) is 12.5 Å². The highest BCUT2D eigenvalue weighted by Crippen LogP contribution is 2.18. The summed E-state index contributed by atoms with van der Waals surface area (Å²) in [5, 5.41) is 0. The second kappa shape index (κ2) is 7.29. The molecule has 2 rings (SSSR count). The van der Waals surface area contributed by atoms with Crippen LogP contribution in [0, 0.1) is 5.92 Å². The molecule has 1 heterocycles. The topological polar surface area (TPSA) is 55.6 Å². The van der Waals surface area contributed by atoms with Gasteiger partial charge in [0.1, 0.15) is 0 Å². The predicted octanol–water partition coefficient (Wildman–Crippen LogP) is 2.43. The van der Waals surface area contributed by atoms with Crippen LogP contribution in [0.1, 0.15) is 31.7 Å². The predicted molar refractivity (Wildman–Crippen MR) is 80.1 cm³/mol. The summed E-state index contributed by atoms with van der Waals surface area (Å²) in [5.74, 6) is 0.257. The maximum absolute atomic E-state index is 12.6. The molecule has 1 saturated heterocycles. The van der Waals surface area contributed by atoms with E-state index < -0.39 is 0 Å². The fourth-order valence-electron chi connectivity index (χ4n) is 2.57. The highest BCUT2D eigenvalue weighted by atomic mass is 16.5. The van der Waals surface area contributed by atoms with E-state index in [1.807, 2.05) is 29.2 Å². The zero-order valence-corrected chi connectivity index (χ0v) is 12.2. The average Bonchev–Trinajstić information content (AvgIpc) is 2.49. The first kappa shape index (κ1) is 14.9. The molecule has 1 aromatic carbocycles. The number of hydrogen-bond donors (Lipinski definition) is 1. The zero-order valence-electron chi connectivity index (χ0n) is 12.2. The van der Waals surface area contributed by atoms with Crippen molar-refractivity contribution in [1.29, 1.82) is 0 Å². The van der Waals surface area contributed by atoms with Gasteiger partial charge in [0.25, 0.3) is 0 Å². The van der Waals surface area contributed by atoms with Crippen LogP contribution in [0.4, 0.5) is 5.69 Å². The third-order valence-electron chi connectivity index (χ3n) is 3.67. The molecule has 0 bridgehead atoms. The number of benzene rings is 1. The van der Waals surface area contributed by atoms with Crippen molar-refractivity contribution >= 4 is 11.6 Å². The second-order valence-corrected chi connectivity index (χ2v) is 5.42. The number of carbonyl (C=O) groups excluding carboxylic acids is 1. The minimum Gasteiger partial charge on any atom is -0.399 e. The van der Waals surface area contributed by atoms with E-state index >= 15 is 0 Å². The van der Waals surface area contributed by atoms with Gasteiger partial charge in [-0.05, 0) is 37.0 Å². The first-order chi connectivity index (χ1) is 9.70. The Labute approximate surface area is 120 Å². The Bertz CT molecular complexity index is 425. The smallest absolute Gasteiger partial charge is 0.228 e. The van der Waals surface area contributed by atoms with Crippen molar-refractivity contribution < 1.29 is 9.53 Å². The SMILES string of the molecule is CCCN(Cc1ccc(N)cc1)C(=O)C1CCCOC1. The molecule has 4 nitrogen and oxygen atoms in total. The molecule has 1 aliphatic rings. The summed E-state index contributed by atoms with van der Waals surface area (Å²) in [6.07, 6.45) is 2.90. The molecule has 1 atom stereocenters. The van der Waals surface area contributed by atoms with Crippen molar-refractivity contribution in [3.63, 3.8) is 0 Å². The molecule has 0 aromatic heterocycles. The van der Waals surface area contributed by atoms with Crippen LogP contribution in [0.3, 0.4) is 0 Å². The van der Waals surface area contributed by atoms with E-state index in [4.69, 9.17) is 10.5 Å². The number of rotatable bonds is 5. The number of nitrogens with two attached hydrogens (primary N) is 1. The summed E-state index contributed by atoms with van der Waals surface area (Å²) in [6, 6.07) is 7.74. The van der Waals surface area contributed by atoms with E-state index in [2.05, 4.69) is 6.92 Å². The molecule has 110 valence electrons. The highest BCUT2D eigenvalue weighted by molar-refractivity contribution is 5.79. The van der Waals surface area contributed by atoms with Gasteiger partial charge in [0.2, 0.25) is 5.91 Å². The standard InChI is InChI=1S/C16H24N2O2/c1-2-9-18(11-13-5-7-15(17)8-6-13)16(19)14-4-3-10-20-12-14/h5-8,14H,2-4,9-12,17H2,1H3. The second-order valence-electron chi connectivity index (χ2n) is 5.42. The molecule has 1 unspecified atom stereocenters. The van der Waals surface area contributed by atoms with Crippen molar-refractivity contribution in [2.24, 2.45) is 5.92 Å². The number of anilines is 1. The van der Waals surface area contributed by atoms with E-state index in [0.717, 1.165) is 43.7 Å². The first-order valence-electron chi connectivity index (χ1n) is 7.41. The zero-order chi connectivity index (χ0) is 14.4. The van der Waals surface area contributed by atoms with Gasteiger partial charge >= 0.3 is 0 Å². The van der Waals surface area contributed by atoms with Crippen LogP contribution in [0.15, 0.2) is 24.3 Å². The van der Waals surface area contributed by atoms with Crippen molar-refractivity contribution in [3.8, 4) is 0 Å². The lowest BCUT2D eigenvalue weighted by molar-refractivity contribution is -0.140. The number of nitrogen functional groups attached to an aromatic ring is 1. The lowest BCUT2D eigenvalue weighted by atomic mass is 10.00. The molecule has 1 fully saturated rings. The van der Waals surface area contributed by atoms with E-state index in [-0.39, 0.29) is 11.8 Å². The summed E-state index contributed by atoms with van der Waals surface area (Å²) in [6.45, 7) is 4.90. The Morgan fingerprint density at radius 2 is 2.15 bits per heavy atom. The molecule has 4 heteroatoms. The van der Waals surface area contributed by atoms with E-state index in [1.165, 1.54) is 0 Å². The van der Waals surface area contributed by atoms with Gasteiger partial charge in [-0.15, -0.1) is 0 Å². The third-order valence-corrected chi connectivity index (χ3v) is 3.67. The van der Waals surface area contributed by atoms with Crippen LogP contribution >= 0.6 is 0 Å². The Balaban J connectivity index is 2.01. The number of amides is 1. The largest absolute Gasteiger partial charge is 0.399 e. The summed E-state index contributed by atoms with van der Waals surface area (Å²) in [5.41, 5.74) is 7.57. The van der Waals surface area contributed by atoms with Gasteiger partial charge < -0.3 is 15.4 Å². The molecule has 2 N–H and O–H groups in total. The molecule has 0 radical (unpaired) electrons. The number of nitrogens with zero attached hydrogens (tertiary/aromatic N) is 1. The molecule has 0 saturated carbocycles. The highest BCUT2D eigenvalue weighted by Gasteiger charge is 2.26. The van der Waals surface area contributed by atoms with Crippen LogP contribution in [0.2, 0.25) is 0 Å². The lowest BCUT2D eigenvalue weighted by Gasteiger charge is -2.29. The van der Waals surface area contributed by atoms with Crippen LogP contribution in [0.25, 0.3) is 0 Å². The van der Waals surface area contributed by atoms with Gasteiger partial charge in [-0.3, -0.25) is 4.79 Å². The Kier molecular flexibility index (Phi) is 5.41. The third kappa shape index (κ3) is 3.97. The van der Waals surface area contributed by atoms with Crippen molar-refractivity contribution in [3.05, 3.63) is 29.8 Å². The monoisotopic (exact) mass is 276 g/mol. The molecule has 0 aliphatic carbocycles. The fourth-order valence-corrected chi connectivity index (χ4v) is 2.57. The maximum atomic E-state index is 12.6. The van der Waals surface area contributed by atoms with Crippen molar-refractivity contribution in [2.45, 2.75) is 32.7 Å². The van der Waals surface area contributed by atoms with Gasteiger partial charge in [-0.25, -0.2) is 0 Å². The van der Waals surface area contributed by atoms with Gasteiger partial charge in [0, 0.05) is 25.4 Å². The van der Waals surface area contributed by atoms with Crippen LogP contribution < -0.4 is 5.73 Å². The molecule has 20 heavy (non-hydrogen) atoms. The molecular weight excluding hydrogens is 252 g/mol. The fraction of sp³-hybridized carbons (Fsp3) is 0.562. The lowest BCUT2D eigenvalue weighted by Crippen LogP contribution is -2.39. The van der Waals surface area contributed by atoms with Crippen molar-refractivity contribution in [1.82, 2.24) is 4.90 Å². The summed E-state index contributed by atoms with van der Waals surface area (Å²) < 4.78 is 5.43. The number of hydrogen-bond acceptors (Lipinski definition) is 3. The van der Waals surface area contributed by atoms with Crippen LogP contribution in [0.5, 0.6) is 0 Å².